The number of piperidine rings is 1. The Balaban J connectivity index is 1.69. The zero-order chi connectivity index (χ0) is 13.1. The van der Waals surface area contributed by atoms with Crippen molar-refractivity contribution >= 4 is 0 Å². The Morgan fingerprint density at radius 1 is 0.944 bits per heavy atom. The maximum absolute atomic E-state index is 2.73. The van der Waals surface area contributed by atoms with Crippen LogP contribution in [0.3, 0.4) is 0 Å². The summed E-state index contributed by atoms with van der Waals surface area (Å²) >= 11 is 0. The van der Waals surface area contributed by atoms with Crippen LogP contribution in [0.2, 0.25) is 0 Å². The van der Waals surface area contributed by atoms with Crippen LogP contribution in [0.5, 0.6) is 0 Å². The standard InChI is InChI=1S/C16H32N2/c1-13(2)16-6-8-17(9-7-16)11-15-5-10-18(12-15)14(3)4/h13-16H,5-12H2,1-4H3/t15-/m0/s1. The molecule has 0 spiro atoms. The molecule has 2 nitrogen and oxygen atoms in total. The van der Waals surface area contributed by atoms with Crippen LogP contribution in [-0.2, 0) is 0 Å². The lowest BCUT2D eigenvalue weighted by molar-refractivity contribution is 0.138. The van der Waals surface area contributed by atoms with Crippen molar-refractivity contribution in [3.8, 4) is 0 Å². The molecule has 2 rings (SSSR count). The normalized spacial score (nSPS) is 28.7. The van der Waals surface area contributed by atoms with Gasteiger partial charge in [0.15, 0.2) is 0 Å². The third-order valence-electron chi connectivity index (χ3n) is 5.14. The van der Waals surface area contributed by atoms with E-state index in [0.29, 0.717) is 0 Å². The van der Waals surface area contributed by atoms with Crippen molar-refractivity contribution in [1.82, 2.24) is 9.80 Å². The number of rotatable bonds is 4. The van der Waals surface area contributed by atoms with Gasteiger partial charge in [0.1, 0.15) is 0 Å². The van der Waals surface area contributed by atoms with Gasteiger partial charge in [0.05, 0.1) is 0 Å². The van der Waals surface area contributed by atoms with Gasteiger partial charge in [-0.3, -0.25) is 0 Å². The van der Waals surface area contributed by atoms with E-state index in [0.717, 1.165) is 23.8 Å². The fourth-order valence-corrected chi connectivity index (χ4v) is 3.65. The van der Waals surface area contributed by atoms with Crippen molar-refractivity contribution < 1.29 is 0 Å². The lowest BCUT2D eigenvalue weighted by Crippen LogP contribution is -2.39. The molecule has 18 heavy (non-hydrogen) atoms. The van der Waals surface area contributed by atoms with E-state index in [2.05, 4.69) is 37.5 Å². The minimum absolute atomic E-state index is 0.738. The predicted octanol–water partition coefficient (Wildman–Crippen LogP) is 3.08. The Kier molecular flexibility index (Phi) is 5.08. The van der Waals surface area contributed by atoms with Gasteiger partial charge >= 0.3 is 0 Å². The third kappa shape index (κ3) is 3.71. The molecule has 0 bridgehead atoms. The first-order valence-electron chi connectivity index (χ1n) is 8.02. The smallest absolute Gasteiger partial charge is 0.00387 e. The van der Waals surface area contributed by atoms with Gasteiger partial charge in [0.2, 0.25) is 0 Å². The van der Waals surface area contributed by atoms with E-state index in [1.165, 1.54) is 52.0 Å². The monoisotopic (exact) mass is 252 g/mol. The van der Waals surface area contributed by atoms with Crippen LogP contribution in [0.15, 0.2) is 0 Å². The van der Waals surface area contributed by atoms with Crippen molar-refractivity contribution in [3.05, 3.63) is 0 Å². The predicted molar refractivity (Wildman–Crippen MR) is 78.8 cm³/mol. The average molecular weight is 252 g/mol. The maximum atomic E-state index is 2.73. The van der Waals surface area contributed by atoms with Crippen LogP contribution in [-0.4, -0.2) is 48.6 Å². The lowest BCUT2D eigenvalue weighted by atomic mass is 9.86. The second-order valence-corrected chi connectivity index (χ2v) is 7.13. The van der Waals surface area contributed by atoms with Crippen LogP contribution in [0.25, 0.3) is 0 Å². The number of hydrogen-bond donors (Lipinski definition) is 0. The van der Waals surface area contributed by atoms with Crippen molar-refractivity contribution in [2.45, 2.75) is 53.0 Å². The molecule has 0 radical (unpaired) electrons. The molecule has 0 amide bonds. The van der Waals surface area contributed by atoms with E-state index >= 15 is 0 Å². The lowest BCUT2D eigenvalue weighted by Gasteiger charge is -2.35. The van der Waals surface area contributed by atoms with Crippen molar-refractivity contribution in [2.75, 3.05) is 32.7 Å². The fraction of sp³-hybridized carbons (Fsp3) is 1.00. The second-order valence-electron chi connectivity index (χ2n) is 7.13. The molecule has 2 aliphatic heterocycles. The van der Waals surface area contributed by atoms with Gasteiger partial charge in [-0.25, -0.2) is 0 Å². The molecular formula is C16H32N2. The first-order valence-corrected chi connectivity index (χ1v) is 8.02. The van der Waals surface area contributed by atoms with Crippen LogP contribution in [0, 0.1) is 17.8 Å². The summed E-state index contributed by atoms with van der Waals surface area (Å²) in [5.41, 5.74) is 0. The second kappa shape index (κ2) is 6.38. The Morgan fingerprint density at radius 3 is 2.11 bits per heavy atom. The largest absolute Gasteiger partial charge is 0.303 e. The van der Waals surface area contributed by atoms with E-state index < -0.39 is 0 Å². The molecule has 0 N–H and O–H groups in total. The SMILES string of the molecule is CC(C)C1CCN(C[C@@H]2CCN(C(C)C)C2)CC1. The third-order valence-corrected chi connectivity index (χ3v) is 5.14. The van der Waals surface area contributed by atoms with Crippen LogP contribution in [0.4, 0.5) is 0 Å². The van der Waals surface area contributed by atoms with Crippen LogP contribution in [0.1, 0.15) is 47.0 Å². The van der Waals surface area contributed by atoms with Crippen molar-refractivity contribution in [1.29, 1.82) is 0 Å². The minimum Gasteiger partial charge on any atom is -0.303 e. The van der Waals surface area contributed by atoms with E-state index in [4.69, 9.17) is 0 Å². The molecule has 0 aliphatic carbocycles. The molecule has 0 aromatic heterocycles. The zero-order valence-corrected chi connectivity index (χ0v) is 12.9. The molecule has 0 saturated carbocycles. The summed E-state index contributed by atoms with van der Waals surface area (Å²) in [7, 11) is 0. The van der Waals surface area contributed by atoms with Gasteiger partial charge in [-0.05, 0) is 70.5 Å². The quantitative estimate of drug-likeness (QED) is 0.758. The summed E-state index contributed by atoms with van der Waals surface area (Å²) in [6, 6.07) is 0.738. The highest BCUT2D eigenvalue weighted by atomic mass is 15.2. The molecule has 0 unspecified atom stereocenters. The average Bonchev–Trinajstić information content (AvgIpc) is 2.78. The van der Waals surface area contributed by atoms with E-state index in [1.807, 2.05) is 0 Å². The van der Waals surface area contributed by atoms with Gasteiger partial charge < -0.3 is 9.80 Å². The highest BCUT2D eigenvalue weighted by molar-refractivity contribution is 4.82. The van der Waals surface area contributed by atoms with Gasteiger partial charge in [0, 0.05) is 19.1 Å². The van der Waals surface area contributed by atoms with E-state index in [9.17, 15) is 0 Å². The van der Waals surface area contributed by atoms with Gasteiger partial charge in [-0.1, -0.05) is 13.8 Å². The number of likely N-dealkylation sites (tertiary alicyclic amines) is 2. The summed E-state index contributed by atoms with van der Waals surface area (Å²) in [6.45, 7) is 16.1. The van der Waals surface area contributed by atoms with Gasteiger partial charge in [-0.15, -0.1) is 0 Å². The first kappa shape index (κ1) is 14.3. The van der Waals surface area contributed by atoms with Crippen LogP contribution < -0.4 is 0 Å². The summed E-state index contributed by atoms with van der Waals surface area (Å²) in [6.07, 6.45) is 4.28. The summed E-state index contributed by atoms with van der Waals surface area (Å²) in [5.74, 6) is 2.80. The first-order chi connectivity index (χ1) is 8.56. The minimum atomic E-state index is 0.738. The van der Waals surface area contributed by atoms with E-state index in [1.54, 1.807) is 0 Å². The molecule has 0 aromatic carbocycles. The van der Waals surface area contributed by atoms with Gasteiger partial charge in [-0.2, -0.15) is 0 Å². The molecule has 1 atom stereocenters. The molecule has 2 saturated heterocycles. The Hall–Kier alpha value is -0.0800. The Morgan fingerprint density at radius 2 is 1.61 bits per heavy atom. The van der Waals surface area contributed by atoms with Crippen molar-refractivity contribution in [3.63, 3.8) is 0 Å². The fourth-order valence-electron chi connectivity index (χ4n) is 3.65. The zero-order valence-electron chi connectivity index (χ0n) is 12.9. The topological polar surface area (TPSA) is 6.48 Å². The number of hydrogen-bond acceptors (Lipinski definition) is 2. The summed E-state index contributed by atoms with van der Waals surface area (Å²) in [5, 5.41) is 0. The molecule has 2 heterocycles. The molecule has 106 valence electrons. The van der Waals surface area contributed by atoms with Gasteiger partial charge in [0.25, 0.3) is 0 Å². The molecule has 2 heteroatoms. The molecular weight excluding hydrogens is 220 g/mol. The Labute approximate surface area is 114 Å². The summed E-state index contributed by atoms with van der Waals surface area (Å²) < 4.78 is 0. The molecule has 2 aliphatic rings. The molecule has 0 aromatic rings. The Bertz CT molecular complexity index is 241. The highest BCUT2D eigenvalue weighted by Crippen LogP contribution is 2.26. The number of nitrogens with zero attached hydrogens (tertiary/aromatic N) is 2. The highest BCUT2D eigenvalue weighted by Gasteiger charge is 2.28. The van der Waals surface area contributed by atoms with Crippen LogP contribution >= 0.6 is 0 Å². The maximum Gasteiger partial charge on any atom is 0.00387 e. The molecule has 2 fully saturated rings. The summed E-state index contributed by atoms with van der Waals surface area (Å²) in [4.78, 5) is 5.37. The van der Waals surface area contributed by atoms with E-state index in [-0.39, 0.29) is 0 Å². The van der Waals surface area contributed by atoms with Crippen molar-refractivity contribution in [2.24, 2.45) is 17.8 Å².